The molecule has 1 atom stereocenters. The quantitative estimate of drug-likeness (QED) is 0.453. The van der Waals surface area contributed by atoms with E-state index in [0.29, 0.717) is 19.6 Å². The van der Waals surface area contributed by atoms with Crippen LogP contribution in [0, 0.1) is 0 Å². The maximum Gasteiger partial charge on any atom is 0.261 e. The van der Waals surface area contributed by atoms with Crippen molar-refractivity contribution < 1.29 is 18.3 Å². The van der Waals surface area contributed by atoms with Crippen LogP contribution in [0.3, 0.4) is 0 Å². The fraction of sp³-hybridized carbons (Fsp3) is 0.538. The van der Waals surface area contributed by atoms with Gasteiger partial charge in [0, 0.05) is 15.9 Å². The van der Waals surface area contributed by atoms with Gasteiger partial charge in [0.1, 0.15) is 12.4 Å². The lowest BCUT2D eigenvalue weighted by Crippen LogP contribution is -2.07. The Hall–Kier alpha value is -0.200. The zero-order valence-corrected chi connectivity index (χ0v) is 13.7. The second-order valence-electron chi connectivity index (χ2n) is 3.84. The summed E-state index contributed by atoms with van der Waals surface area (Å²) in [5.74, 6) is 0.798. The molecule has 0 heterocycles. The van der Waals surface area contributed by atoms with Gasteiger partial charge in [-0.25, -0.2) is 8.78 Å². The summed E-state index contributed by atoms with van der Waals surface area (Å²) < 4.78 is 35.0. The molecule has 0 fully saturated rings. The first kappa shape index (κ1) is 16.9. The molecular formula is C13H16Br2F2O2. The molecule has 0 radical (unpaired) electrons. The van der Waals surface area contributed by atoms with E-state index in [4.69, 9.17) is 9.47 Å². The Balaban J connectivity index is 2.49. The molecule has 0 saturated heterocycles. The van der Waals surface area contributed by atoms with E-state index in [2.05, 4.69) is 31.9 Å². The monoisotopic (exact) mass is 400 g/mol. The molecule has 0 N–H and O–H groups in total. The summed E-state index contributed by atoms with van der Waals surface area (Å²) in [5.41, 5.74) is 1.05. The van der Waals surface area contributed by atoms with Crippen LogP contribution in [0.1, 0.15) is 23.7 Å². The van der Waals surface area contributed by atoms with Crippen LogP contribution < -0.4 is 4.74 Å². The molecule has 0 amide bonds. The normalized spacial score (nSPS) is 12.7. The number of rotatable bonds is 8. The molecule has 1 aromatic carbocycles. The average Bonchev–Trinajstić information content (AvgIpc) is 2.34. The summed E-state index contributed by atoms with van der Waals surface area (Å²) in [7, 11) is 0. The minimum Gasteiger partial charge on any atom is -0.494 e. The zero-order valence-electron chi connectivity index (χ0n) is 10.5. The molecule has 0 aromatic heterocycles. The van der Waals surface area contributed by atoms with E-state index >= 15 is 0 Å². The van der Waals surface area contributed by atoms with Gasteiger partial charge in [0.2, 0.25) is 0 Å². The Morgan fingerprint density at radius 1 is 1.32 bits per heavy atom. The van der Waals surface area contributed by atoms with E-state index in [0.717, 1.165) is 15.8 Å². The number of alkyl halides is 3. The van der Waals surface area contributed by atoms with E-state index < -0.39 is 13.0 Å². The lowest BCUT2D eigenvalue weighted by molar-refractivity contribution is 0.0167. The summed E-state index contributed by atoms with van der Waals surface area (Å²) >= 11 is 7.01. The summed E-state index contributed by atoms with van der Waals surface area (Å²) in [6.45, 7) is 2.32. The Morgan fingerprint density at radius 2 is 2.05 bits per heavy atom. The predicted octanol–water partition coefficient (Wildman–Crippen LogP) is 4.96. The third-order valence-corrected chi connectivity index (χ3v) is 4.02. The maximum atomic E-state index is 11.9. The van der Waals surface area contributed by atoms with Crippen molar-refractivity contribution in [1.82, 2.24) is 0 Å². The van der Waals surface area contributed by atoms with Gasteiger partial charge in [-0.3, -0.25) is 0 Å². The average molecular weight is 402 g/mol. The largest absolute Gasteiger partial charge is 0.494 e. The van der Waals surface area contributed by atoms with Crippen molar-refractivity contribution in [3.8, 4) is 5.75 Å². The molecule has 0 aliphatic rings. The van der Waals surface area contributed by atoms with E-state index in [1.54, 1.807) is 0 Å². The van der Waals surface area contributed by atoms with Crippen LogP contribution in [0.2, 0.25) is 0 Å². The Bertz CT molecular complexity index is 389. The van der Waals surface area contributed by atoms with Gasteiger partial charge in [-0.15, -0.1) is 0 Å². The first-order valence-electron chi connectivity index (χ1n) is 5.96. The van der Waals surface area contributed by atoms with Gasteiger partial charge < -0.3 is 9.47 Å². The molecule has 2 nitrogen and oxygen atoms in total. The molecule has 0 aliphatic heterocycles. The summed E-state index contributed by atoms with van der Waals surface area (Å²) in [4.78, 5) is 0.0511. The Kier molecular flexibility index (Phi) is 7.87. The third kappa shape index (κ3) is 6.19. The molecule has 0 saturated carbocycles. The number of ether oxygens (including phenoxy) is 2. The molecule has 0 bridgehead atoms. The van der Waals surface area contributed by atoms with E-state index in [1.807, 2.05) is 25.1 Å². The lowest BCUT2D eigenvalue weighted by atomic mass is 10.1. The molecule has 0 spiro atoms. The van der Waals surface area contributed by atoms with Gasteiger partial charge in [-0.1, -0.05) is 37.9 Å². The van der Waals surface area contributed by atoms with E-state index in [9.17, 15) is 8.78 Å². The summed E-state index contributed by atoms with van der Waals surface area (Å²) in [6.07, 6.45) is -1.79. The molecule has 0 aliphatic carbocycles. The Labute approximate surface area is 128 Å². The van der Waals surface area contributed by atoms with Crippen molar-refractivity contribution in [2.24, 2.45) is 0 Å². The van der Waals surface area contributed by atoms with E-state index in [-0.39, 0.29) is 4.83 Å². The highest BCUT2D eigenvalue weighted by atomic mass is 79.9. The van der Waals surface area contributed by atoms with Crippen LogP contribution in [0.5, 0.6) is 5.75 Å². The fourth-order valence-electron chi connectivity index (χ4n) is 1.53. The molecule has 19 heavy (non-hydrogen) atoms. The topological polar surface area (TPSA) is 18.5 Å². The van der Waals surface area contributed by atoms with Crippen LogP contribution in [0.25, 0.3) is 0 Å². The summed E-state index contributed by atoms with van der Waals surface area (Å²) in [6, 6.07) is 5.73. The minimum atomic E-state index is -2.41. The smallest absolute Gasteiger partial charge is 0.261 e. The number of benzene rings is 1. The van der Waals surface area contributed by atoms with Crippen molar-refractivity contribution in [2.45, 2.75) is 24.6 Å². The van der Waals surface area contributed by atoms with Crippen molar-refractivity contribution in [1.29, 1.82) is 0 Å². The second-order valence-corrected chi connectivity index (χ2v) is 5.80. The zero-order chi connectivity index (χ0) is 14.3. The molecule has 108 valence electrons. The van der Waals surface area contributed by atoms with Crippen molar-refractivity contribution >= 4 is 31.9 Å². The lowest BCUT2D eigenvalue weighted by Gasteiger charge is -2.14. The predicted molar refractivity (Wildman–Crippen MR) is 78.4 cm³/mol. The number of hydrogen-bond acceptors (Lipinski definition) is 2. The van der Waals surface area contributed by atoms with Crippen molar-refractivity contribution in [2.75, 3.05) is 19.8 Å². The molecule has 1 rings (SSSR count). The van der Waals surface area contributed by atoms with Crippen molar-refractivity contribution in [3.05, 3.63) is 28.2 Å². The highest BCUT2D eigenvalue weighted by Gasteiger charge is 2.12. The second kappa shape index (κ2) is 8.87. The number of halogens is 4. The summed E-state index contributed by atoms with van der Waals surface area (Å²) in [5, 5.41) is 0. The standard InChI is InChI=1S/C13H16Br2F2O2/c1-2-19-9-3-4-10(12(15)7-9)11(14)5-6-18-8-13(16)17/h3-4,7,11,13H,2,5-6,8H2,1H3. The van der Waals surface area contributed by atoms with Gasteiger partial charge >= 0.3 is 0 Å². The SMILES string of the molecule is CCOc1ccc(C(Br)CCOCC(F)F)c(Br)c1. The molecule has 1 unspecified atom stereocenters. The van der Waals surface area contributed by atoms with Crippen LogP contribution in [0.15, 0.2) is 22.7 Å². The first-order chi connectivity index (χ1) is 9.04. The minimum absolute atomic E-state index is 0.0511. The van der Waals surface area contributed by atoms with Crippen molar-refractivity contribution in [3.63, 3.8) is 0 Å². The van der Waals surface area contributed by atoms with E-state index in [1.165, 1.54) is 0 Å². The maximum absolute atomic E-state index is 11.9. The molecule has 1 aromatic rings. The first-order valence-corrected chi connectivity index (χ1v) is 7.67. The van der Waals surface area contributed by atoms with Crippen LogP contribution in [-0.4, -0.2) is 26.2 Å². The van der Waals surface area contributed by atoms with Gasteiger partial charge in [-0.05, 0) is 31.0 Å². The van der Waals surface area contributed by atoms with Gasteiger partial charge in [-0.2, -0.15) is 0 Å². The highest BCUT2D eigenvalue weighted by Crippen LogP contribution is 2.34. The molecule has 6 heteroatoms. The van der Waals surface area contributed by atoms with Crippen LogP contribution in [-0.2, 0) is 4.74 Å². The Morgan fingerprint density at radius 3 is 2.63 bits per heavy atom. The molecular weight excluding hydrogens is 386 g/mol. The van der Waals surface area contributed by atoms with Gasteiger partial charge in [0.25, 0.3) is 6.43 Å². The van der Waals surface area contributed by atoms with Gasteiger partial charge in [0.15, 0.2) is 0 Å². The van der Waals surface area contributed by atoms with Crippen LogP contribution in [0.4, 0.5) is 8.78 Å². The third-order valence-electron chi connectivity index (χ3n) is 2.38. The highest BCUT2D eigenvalue weighted by molar-refractivity contribution is 9.11. The van der Waals surface area contributed by atoms with Gasteiger partial charge in [0.05, 0.1) is 6.61 Å². The van der Waals surface area contributed by atoms with Crippen LogP contribution >= 0.6 is 31.9 Å². The number of hydrogen-bond donors (Lipinski definition) is 0. The fourth-order valence-corrected chi connectivity index (χ4v) is 3.06.